The van der Waals surface area contributed by atoms with Crippen molar-refractivity contribution in [2.75, 3.05) is 13.7 Å². The van der Waals surface area contributed by atoms with Gasteiger partial charge in [0.25, 0.3) is 5.56 Å². The fraction of sp³-hybridized carbons (Fsp3) is 0.205. The van der Waals surface area contributed by atoms with Crippen LogP contribution in [-0.2, 0) is 16.1 Å². The van der Waals surface area contributed by atoms with Gasteiger partial charge in [-0.25, -0.2) is 9.79 Å². The number of hydrogen-bond acceptors (Lipinski definition) is 7. The Kier molecular flexibility index (Phi) is 10.4. The number of carbonyl (C=O) groups excluding carboxylic acids is 1. The van der Waals surface area contributed by atoms with Crippen molar-refractivity contribution in [1.29, 1.82) is 0 Å². The minimum Gasteiger partial charge on any atom is -0.493 e. The van der Waals surface area contributed by atoms with E-state index >= 15 is 0 Å². The molecule has 4 aromatic carbocycles. The Morgan fingerprint density at radius 2 is 1.69 bits per heavy atom. The van der Waals surface area contributed by atoms with Gasteiger partial charge in [-0.1, -0.05) is 121 Å². The molecule has 0 saturated heterocycles. The van der Waals surface area contributed by atoms with Gasteiger partial charge in [0.15, 0.2) is 16.3 Å². The molecule has 1 aliphatic heterocycles. The molecule has 250 valence electrons. The lowest BCUT2D eigenvalue weighted by Gasteiger charge is -2.26. The van der Waals surface area contributed by atoms with Crippen molar-refractivity contribution in [2.45, 2.75) is 39.3 Å². The second kappa shape index (κ2) is 14.9. The maximum absolute atomic E-state index is 14.3. The van der Waals surface area contributed by atoms with Crippen molar-refractivity contribution in [3.63, 3.8) is 0 Å². The van der Waals surface area contributed by atoms with Crippen molar-refractivity contribution >= 4 is 52.3 Å². The highest BCUT2D eigenvalue weighted by Gasteiger charge is 2.35. The third-order valence-corrected chi connectivity index (χ3v) is 9.80. The maximum Gasteiger partial charge on any atom is 0.338 e. The van der Waals surface area contributed by atoms with Crippen molar-refractivity contribution in [2.24, 2.45) is 4.99 Å². The Hall–Kier alpha value is -4.63. The van der Waals surface area contributed by atoms with Crippen LogP contribution in [0.15, 0.2) is 106 Å². The molecule has 1 atom stereocenters. The first-order valence-corrected chi connectivity index (χ1v) is 17.4. The van der Waals surface area contributed by atoms with Crippen LogP contribution in [0.4, 0.5) is 0 Å². The number of carbonyl (C=O) groups is 1. The molecule has 1 aliphatic rings. The molecule has 5 aromatic rings. The van der Waals surface area contributed by atoms with Crippen LogP contribution in [-0.4, -0.2) is 24.3 Å². The smallest absolute Gasteiger partial charge is 0.338 e. The first-order chi connectivity index (χ1) is 23.7. The van der Waals surface area contributed by atoms with Crippen molar-refractivity contribution in [1.82, 2.24) is 4.57 Å². The third-order valence-electron chi connectivity index (χ3n) is 8.17. The number of benzene rings is 4. The van der Waals surface area contributed by atoms with Crippen molar-refractivity contribution in [3.05, 3.63) is 154 Å². The summed E-state index contributed by atoms with van der Waals surface area (Å²) < 4.78 is 19.2. The molecule has 6 rings (SSSR count). The number of thiazole rings is 1. The molecule has 2 heterocycles. The SMILES string of the molecule is CCOC(=O)C1=C(c2ccccc2)N=c2s/c(=C\c3cc(Cl)c(OCc4ccccc4Cl)c(OC)c3)c(=O)n2[C@@H]1c1ccc(C(C)C)cc1. The molecular formula is C39H34Cl2N2O5S. The van der Waals surface area contributed by atoms with E-state index in [9.17, 15) is 9.59 Å². The highest BCUT2D eigenvalue weighted by Crippen LogP contribution is 2.38. The van der Waals surface area contributed by atoms with Crippen molar-refractivity contribution in [3.8, 4) is 11.5 Å². The predicted octanol–water partition coefficient (Wildman–Crippen LogP) is 7.95. The Bertz CT molecular complexity index is 2220. The maximum atomic E-state index is 14.3. The number of fused-ring (bicyclic) bond motifs is 1. The summed E-state index contributed by atoms with van der Waals surface area (Å²) in [5, 5.41) is 0.893. The van der Waals surface area contributed by atoms with Crippen LogP contribution >= 0.6 is 34.5 Å². The first-order valence-electron chi connectivity index (χ1n) is 15.8. The van der Waals surface area contributed by atoms with Gasteiger partial charge in [0.1, 0.15) is 6.61 Å². The van der Waals surface area contributed by atoms with E-state index in [-0.39, 0.29) is 18.8 Å². The van der Waals surface area contributed by atoms with E-state index in [1.54, 1.807) is 35.8 Å². The highest BCUT2D eigenvalue weighted by molar-refractivity contribution is 7.07. The Morgan fingerprint density at radius 3 is 2.37 bits per heavy atom. The molecule has 0 radical (unpaired) electrons. The molecule has 49 heavy (non-hydrogen) atoms. The topological polar surface area (TPSA) is 79.1 Å². The summed E-state index contributed by atoms with van der Waals surface area (Å²) in [6.45, 7) is 6.37. The molecule has 0 amide bonds. The minimum absolute atomic E-state index is 0.175. The predicted molar refractivity (Wildman–Crippen MR) is 195 cm³/mol. The zero-order valence-electron chi connectivity index (χ0n) is 27.4. The summed E-state index contributed by atoms with van der Waals surface area (Å²) in [5.41, 5.74) is 4.56. The fourth-order valence-electron chi connectivity index (χ4n) is 5.70. The summed E-state index contributed by atoms with van der Waals surface area (Å²) in [6, 6.07) is 27.6. The summed E-state index contributed by atoms with van der Waals surface area (Å²) in [6.07, 6.45) is 1.74. The number of aromatic nitrogens is 1. The average Bonchev–Trinajstić information content (AvgIpc) is 3.41. The summed E-state index contributed by atoms with van der Waals surface area (Å²) in [7, 11) is 1.53. The number of esters is 1. The molecule has 0 fully saturated rings. The zero-order valence-corrected chi connectivity index (χ0v) is 29.7. The molecule has 0 aliphatic carbocycles. The molecule has 0 unspecified atom stereocenters. The molecule has 0 spiro atoms. The number of ether oxygens (including phenoxy) is 3. The summed E-state index contributed by atoms with van der Waals surface area (Å²) >= 11 is 14.3. The van der Waals surface area contributed by atoms with Crippen molar-refractivity contribution < 1.29 is 19.0 Å². The summed E-state index contributed by atoms with van der Waals surface area (Å²) in [5.74, 6) is 0.547. The van der Waals surface area contributed by atoms with E-state index in [1.807, 2.05) is 72.8 Å². The third kappa shape index (κ3) is 7.08. The second-order valence-electron chi connectivity index (χ2n) is 11.7. The Balaban J connectivity index is 1.50. The lowest BCUT2D eigenvalue weighted by molar-refractivity contribution is -0.138. The first kappa shape index (κ1) is 34.2. The largest absolute Gasteiger partial charge is 0.493 e. The van der Waals surface area contributed by atoms with Crippen LogP contribution in [0.1, 0.15) is 60.5 Å². The quantitative estimate of drug-likeness (QED) is 0.137. The molecule has 0 N–H and O–H groups in total. The number of rotatable bonds is 10. The van der Waals surface area contributed by atoms with Gasteiger partial charge in [-0.15, -0.1) is 0 Å². The number of halogens is 2. The number of hydrogen-bond donors (Lipinski definition) is 0. The van der Waals surface area contributed by atoms with Crippen LogP contribution in [0.25, 0.3) is 11.8 Å². The van der Waals surface area contributed by atoms with Crippen LogP contribution in [0.3, 0.4) is 0 Å². The molecule has 10 heteroatoms. The monoisotopic (exact) mass is 712 g/mol. The van der Waals surface area contributed by atoms with Gasteiger partial charge in [-0.3, -0.25) is 9.36 Å². The molecular weight excluding hydrogens is 679 g/mol. The lowest BCUT2D eigenvalue weighted by atomic mass is 9.91. The van der Waals surface area contributed by atoms with Crippen LogP contribution in [0, 0.1) is 0 Å². The van der Waals surface area contributed by atoms with E-state index in [2.05, 4.69) is 13.8 Å². The Morgan fingerprint density at radius 1 is 0.980 bits per heavy atom. The van der Waals surface area contributed by atoms with Gasteiger partial charge in [0, 0.05) is 16.1 Å². The molecule has 0 bridgehead atoms. The van der Waals surface area contributed by atoms with E-state index in [0.29, 0.717) is 53.6 Å². The van der Waals surface area contributed by atoms with Crippen LogP contribution < -0.4 is 24.4 Å². The van der Waals surface area contributed by atoms with E-state index in [1.165, 1.54) is 18.4 Å². The number of nitrogens with zero attached hydrogens (tertiary/aromatic N) is 2. The lowest BCUT2D eigenvalue weighted by Crippen LogP contribution is -2.40. The van der Waals surface area contributed by atoms with Gasteiger partial charge in [0.05, 0.1) is 40.6 Å². The minimum atomic E-state index is -0.771. The van der Waals surface area contributed by atoms with Crippen LogP contribution in [0.5, 0.6) is 11.5 Å². The Labute approximate surface area is 298 Å². The molecule has 7 nitrogen and oxygen atoms in total. The van der Waals surface area contributed by atoms with E-state index in [0.717, 1.165) is 22.3 Å². The van der Waals surface area contributed by atoms with Gasteiger partial charge < -0.3 is 14.2 Å². The molecule has 0 saturated carbocycles. The van der Waals surface area contributed by atoms with E-state index in [4.69, 9.17) is 42.4 Å². The zero-order chi connectivity index (χ0) is 34.7. The van der Waals surface area contributed by atoms with Crippen LogP contribution in [0.2, 0.25) is 10.0 Å². The normalized spacial score (nSPS) is 14.4. The summed E-state index contributed by atoms with van der Waals surface area (Å²) in [4.78, 5) is 33.5. The van der Waals surface area contributed by atoms with Gasteiger partial charge in [0.2, 0.25) is 0 Å². The second-order valence-corrected chi connectivity index (χ2v) is 13.5. The van der Waals surface area contributed by atoms with Gasteiger partial charge >= 0.3 is 5.97 Å². The van der Waals surface area contributed by atoms with E-state index < -0.39 is 12.0 Å². The standard InChI is InChI=1S/C39H34Cl2N2O5S/c1-5-47-38(45)33-34(26-11-7-6-8-12-26)42-39-43(35(33)27-17-15-25(16-18-27)23(2)3)37(44)32(49-39)21-24-19-30(41)36(31(20-24)46-4)48-22-28-13-9-10-14-29(28)40/h6-21,23,35H,5,22H2,1-4H3/b32-21-/t35-/m1/s1. The van der Waals surface area contributed by atoms with Gasteiger partial charge in [-0.05, 0) is 53.8 Å². The molecule has 1 aromatic heterocycles. The number of methoxy groups -OCH3 is 1. The highest BCUT2D eigenvalue weighted by atomic mass is 35.5. The fourth-order valence-corrected chi connectivity index (χ4v) is 7.16. The van der Waals surface area contributed by atoms with Gasteiger partial charge in [-0.2, -0.15) is 0 Å². The average molecular weight is 714 g/mol.